The molecule has 0 saturated carbocycles. The van der Waals surface area contributed by atoms with E-state index in [0.29, 0.717) is 36.6 Å². The highest BCUT2D eigenvalue weighted by Crippen LogP contribution is 2.31. The van der Waals surface area contributed by atoms with Crippen molar-refractivity contribution in [3.8, 4) is 5.75 Å². The lowest BCUT2D eigenvalue weighted by Crippen LogP contribution is -2.52. The molecule has 2 unspecified atom stereocenters. The van der Waals surface area contributed by atoms with Crippen molar-refractivity contribution in [3.63, 3.8) is 0 Å². The molecule has 0 bridgehead atoms. The highest BCUT2D eigenvalue weighted by atomic mass is 35.5. The van der Waals surface area contributed by atoms with Crippen molar-refractivity contribution >= 4 is 23.5 Å². The number of nitrogens with zero attached hydrogens (tertiary/aromatic N) is 1. The third-order valence-electron chi connectivity index (χ3n) is 4.28. The lowest BCUT2D eigenvalue weighted by Gasteiger charge is -2.38. The molecule has 2 atom stereocenters. The number of benzene rings is 1. The number of aliphatic carboxylic acids is 1. The predicted octanol–water partition coefficient (Wildman–Crippen LogP) is 3.21. The van der Waals surface area contributed by atoms with Gasteiger partial charge in [0.15, 0.2) is 6.10 Å². The first kappa shape index (κ1) is 17.6. The number of amides is 1. The van der Waals surface area contributed by atoms with Gasteiger partial charge in [0.1, 0.15) is 5.75 Å². The Morgan fingerprint density at radius 2 is 2.13 bits per heavy atom. The summed E-state index contributed by atoms with van der Waals surface area (Å²) in [6, 6.07) is 7.01. The smallest absolute Gasteiger partial charge is 0.311 e. The number of carbonyl (C=O) groups is 2. The fourth-order valence-corrected chi connectivity index (χ4v) is 2.99. The highest BCUT2D eigenvalue weighted by Gasteiger charge is 2.40. The van der Waals surface area contributed by atoms with Crippen LogP contribution in [0.3, 0.4) is 0 Å². The van der Waals surface area contributed by atoms with Crippen molar-refractivity contribution in [2.24, 2.45) is 5.41 Å². The van der Waals surface area contributed by atoms with Crippen molar-refractivity contribution in [2.45, 2.75) is 39.2 Å². The minimum absolute atomic E-state index is 0.181. The van der Waals surface area contributed by atoms with Crippen LogP contribution in [0.25, 0.3) is 0 Å². The molecule has 0 radical (unpaired) electrons. The van der Waals surface area contributed by atoms with Crippen LogP contribution in [0.5, 0.6) is 5.75 Å². The molecular weight excluding hydrogens is 318 g/mol. The maximum Gasteiger partial charge on any atom is 0.311 e. The second-order valence-corrected chi connectivity index (χ2v) is 6.58. The summed E-state index contributed by atoms with van der Waals surface area (Å²) in [7, 11) is 0. The maximum atomic E-state index is 12.7. The summed E-state index contributed by atoms with van der Waals surface area (Å²) < 4.78 is 5.77. The summed E-state index contributed by atoms with van der Waals surface area (Å²) in [5.74, 6) is -0.581. The number of piperidine rings is 1. The zero-order valence-corrected chi connectivity index (χ0v) is 14.2. The van der Waals surface area contributed by atoms with Gasteiger partial charge < -0.3 is 14.7 Å². The van der Waals surface area contributed by atoms with Gasteiger partial charge in [0.05, 0.1) is 10.4 Å². The van der Waals surface area contributed by atoms with Gasteiger partial charge in [-0.3, -0.25) is 9.59 Å². The second-order valence-electron chi connectivity index (χ2n) is 6.17. The number of rotatable bonds is 5. The number of hydrogen-bond donors (Lipinski definition) is 1. The molecule has 1 aromatic carbocycles. The fraction of sp³-hybridized carbons (Fsp3) is 0.529. The van der Waals surface area contributed by atoms with E-state index in [1.54, 1.807) is 36.1 Å². The molecule has 1 aliphatic heterocycles. The monoisotopic (exact) mass is 339 g/mol. The average molecular weight is 340 g/mol. The summed E-state index contributed by atoms with van der Waals surface area (Å²) in [4.78, 5) is 25.8. The zero-order valence-electron chi connectivity index (χ0n) is 13.4. The standard InChI is InChI=1S/C17H22ClNO4/c1-3-13(23-14-8-5-4-7-12(14)18)15(20)19-10-6-9-17(2,11-19)16(21)22/h4-5,7-8,13H,3,6,9-11H2,1-2H3,(H,21,22). The van der Waals surface area contributed by atoms with Gasteiger partial charge in [-0.25, -0.2) is 0 Å². The van der Waals surface area contributed by atoms with Crippen molar-refractivity contribution in [1.82, 2.24) is 4.90 Å². The summed E-state index contributed by atoms with van der Waals surface area (Å²) in [6.45, 7) is 4.32. The van der Waals surface area contributed by atoms with E-state index < -0.39 is 17.5 Å². The molecule has 0 aliphatic carbocycles. The minimum Gasteiger partial charge on any atom is -0.481 e. The Kier molecular flexibility index (Phi) is 5.52. The van der Waals surface area contributed by atoms with E-state index in [4.69, 9.17) is 16.3 Å². The van der Waals surface area contributed by atoms with Crippen molar-refractivity contribution in [2.75, 3.05) is 13.1 Å². The topological polar surface area (TPSA) is 66.8 Å². The van der Waals surface area contributed by atoms with Crippen LogP contribution < -0.4 is 4.74 Å². The van der Waals surface area contributed by atoms with Crippen LogP contribution in [0, 0.1) is 5.41 Å². The first-order valence-corrected chi connectivity index (χ1v) is 8.18. The molecule has 1 saturated heterocycles. The number of carboxylic acids is 1. The van der Waals surface area contributed by atoms with E-state index in [0.717, 1.165) is 0 Å². The largest absolute Gasteiger partial charge is 0.481 e. The molecular formula is C17H22ClNO4. The van der Waals surface area contributed by atoms with E-state index in [1.807, 2.05) is 6.92 Å². The lowest BCUT2D eigenvalue weighted by atomic mass is 9.82. The average Bonchev–Trinajstić information content (AvgIpc) is 2.53. The molecule has 23 heavy (non-hydrogen) atoms. The van der Waals surface area contributed by atoms with Gasteiger partial charge in [-0.2, -0.15) is 0 Å². The van der Waals surface area contributed by atoms with Crippen molar-refractivity contribution in [1.29, 1.82) is 0 Å². The number of para-hydroxylation sites is 1. The summed E-state index contributed by atoms with van der Waals surface area (Å²) in [6.07, 6.45) is 1.08. The van der Waals surface area contributed by atoms with E-state index >= 15 is 0 Å². The van der Waals surface area contributed by atoms with Gasteiger partial charge in [-0.05, 0) is 38.3 Å². The van der Waals surface area contributed by atoms with Gasteiger partial charge in [-0.15, -0.1) is 0 Å². The Bertz CT molecular complexity index is 592. The molecule has 6 heteroatoms. The lowest BCUT2D eigenvalue weighted by molar-refractivity contribution is -0.155. The third kappa shape index (κ3) is 3.96. The molecule has 0 spiro atoms. The highest BCUT2D eigenvalue weighted by molar-refractivity contribution is 6.32. The molecule has 2 rings (SSSR count). The van der Waals surface area contributed by atoms with E-state index in [2.05, 4.69) is 0 Å². The van der Waals surface area contributed by atoms with Crippen molar-refractivity contribution in [3.05, 3.63) is 29.3 Å². The quantitative estimate of drug-likeness (QED) is 0.894. The third-order valence-corrected chi connectivity index (χ3v) is 4.59. The summed E-state index contributed by atoms with van der Waals surface area (Å²) >= 11 is 6.08. The van der Waals surface area contributed by atoms with Crippen LogP contribution in [0.15, 0.2) is 24.3 Å². The van der Waals surface area contributed by atoms with Gasteiger partial charge in [0, 0.05) is 13.1 Å². The normalized spacial score (nSPS) is 22.5. The van der Waals surface area contributed by atoms with Gasteiger partial charge >= 0.3 is 5.97 Å². The maximum absolute atomic E-state index is 12.7. The molecule has 1 aromatic rings. The molecule has 1 N–H and O–H groups in total. The van der Waals surface area contributed by atoms with Crippen molar-refractivity contribution < 1.29 is 19.4 Å². The Morgan fingerprint density at radius 1 is 1.43 bits per heavy atom. The molecule has 1 heterocycles. The number of carbonyl (C=O) groups excluding carboxylic acids is 1. The Labute approximate surface area is 141 Å². The van der Waals surface area contributed by atoms with Crippen LogP contribution in [0.4, 0.5) is 0 Å². The molecule has 1 aliphatic rings. The molecule has 1 fully saturated rings. The van der Waals surface area contributed by atoms with Gasteiger partial charge in [-0.1, -0.05) is 30.7 Å². The zero-order chi connectivity index (χ0) is 17.0. The van der Waals surface area contributed by atoms with Crippen LogP contribution in [0.2, 0.25) is 5.02 Å². The number of halogens is 1. The Morgan fingerprint density at radius 3 is 2.74 bits per heavy atom. The van der Waals surface area contributed by atoms with E-state index in [1.165, 1.54) is 0 Å². The van der Waals surface area contributed by atoms with Crippen LogP contribution in [-0.2, 0) is 9.59 Å². The summed E-state index contributed by atoms with van der Waals surface area (Å²) in [5, 5.41) is 9.83. The van der Waals surface area contributed by atoms with Gasteiger partial charge in [0.2, 0.25) is 0 Å². The molecule has 0 aromatic heterocycles. The Hall–Kier alpha value is -1.75. The first-order chi connectivity index (χ1) is 10.9. The van der Waals surface area contributed by atoms with Crippen LogP contribution in [-0.4, -0.2) is 41.1 Å². The summed E-state index contributed by atoms with van der Waals surface area (Å²) in [5.41, 5.74) is -0.892. The molecule has 5 nitrogen and oxygen atoms in total. The number of ether oxygens (including phenoxy) is 1. The number of carboxylic acid groups (broad SMARTS) is 1. The first-order valence-electron chi connectivity index (χ1n) is 7.81. The van der Waals surface area contributed by atoms with E-state index in [9.17, 15) is 14.7 Å². The molecule has 1 amide bonds. The SMILES string of the molecule is CCC(Oc1ccccc1Cl)C(=O)N1CCCC(C)(C(=O)O)C1. The predicted molar refractivity (Wildman–Crippen MR) is 87.7 cm³/mol. The number of likely N-dealkylation sites (tertiary alicyclic amines) is 1. The minimum atomic E-state index is -0.892. The van der Waals surface area contributed by atoms with Crippen LogP contribution >= 0.6 is 11.6 Å². The van der Waals surface area contributed by atoms with Crippen LogP contribution in [0.1, 0.15) is 33.1 Å². The Balaban J connectivity index is 2.10. The fourth-order valence-electron chi connectivity index (χ4n) is 2.81. The number of hydrogen-bond acceptors (Lipinski definition) is 3. The molecule has 126 valence electrons. The second kappa shape index (κ2) is 7.21. The van der Waals surface area contributed by atoms with E-state index in [-0.39, 0.29) is 12.5 Å². The van der Waals surface area contributed by atoms with Gasteiger partial charge in [0.25, 0.3) is 5.91 Å².